The van der Waals surface area contributed by atoms with E-state index in [0.717, 1.165) is 23.6 Å². The summed E-state index contributed by atoms with van der Waals surface area (Å²) in [4.78, 5) is 36.7. The third-order valence-corrected chi connectivity index (χ3v) is 6.87. The summed E-state index contributed by atoms with van der Waals surface area (Å²) in [6.07, 6.45) is -3.04. The Kier molecular flexibility index (Phi) is 7.26. The van der Waals surface area contributed by atoms with Crippen LogP contribution in [0.15, 0.2) is 12.1 Å². The zero-order valence-electron chi connectivity index (χ0n) is 21.0. The first-order valence-electron chi connectivity index (χ1n) is 12.2. The number of anilines is 1. The minimum Gasteiger partial charge on any atom is -0.459 e. The summed E-state index contributed by atoms with van der Waals surface area (Å²) in [5, 5.41) is 6.71. The molecular formula is C25H29F4N5O4. The van der Waals surface area contributed by atoms with Gasteiger partial charge in [-0.1, -0.05) is 20.3 Å². The van der Waals surface area contributed by atoms with Crippen LogP contribution in [0.3, 0.4) is 0 Å². The maximum absolute atomic E-state index is 15.3. The molecular weight excluding hydrogens is 510 g/mol. The summed E-state index contributed by atoms with van der Waals surface area (Å²) >= 11 is 0. The number of hydrogen-bond donors (Lipinski definition) is 3. The summed E-state index contributed by atoms with van der Waals surface area (Å²) in [5.74, 6) is -3.51. The number of nitrogens with zero attached hydrogens (tertiary/aromatic N) is 2. The molecule has 1 heterocycles. The zero-order chi connectivity index (χ0) is 28.0. The van der Waals surface area contributed by atoms with Crippen LogP contribution in [0.25, 0.3) is 5.69 Å². The van der Waals surface area contributed by atoms with Crippen molar-refractivity contribution < 1.29 is 36.7 Å². The molecule has 0 aliphatic heterocycles. The van der Waals surface area contributed by atoms with Crippen LogP contribution in [0.2, 0.25) is 0 Å². The molecule has 206 valence electrons. The van der Waals surface area contributed by atoms with Crippen molar-refractivity contribution in [2.24, 2.45) is 16.9 Å². The predicted octanol–water partition coefficient (Wildman–Crippen LogP) is 3.51. The van der Waals surface area contributed by atoms with Crippen LogP contribution in [-0.2, 0) is 22.1 Å². The van der Waals surface area contributed by atoms with Crippen LogP contribution in [0, 0.1) is 11.2 Å². The molecule has 0 radical (unpaired) electrons. The van der Waals surface area contributed by atoms with Crippen molar-refractivity contribution in [2.45, 2.75) is 70.7 Å². The number of primary amides is 1. The molecule has 1 aromatic heterocycles. The van der Waals surface area contributed by atoms with E-state index in [0.29, 0.717) is 12.8 Å². The smallest absolute Gasteiger partial charge is 0.435 e. The molecule has 2 aliphatic carbocycles. The molecule has 1 saturated carbocycles. The van der Waals surface area contributed by atoms with Crippen molar-refractivity contribution in [2.75, 3.05) is 11.9 Å². The number of Topliss-reactive ketones (excluding diaryl/α,β-unsaturated/α-hetero) is 1. The molecule has 1 aromatic carbocycles. The van der Waals surface area contributed by atoms with Crippen molar-refractivity contribution in [3.8, 4) is 5.69 Å². The lowest BCUT2D eigenvalue weighted by Crippen LogP contribution is -2.41. The maximum Gasteiger partial charge on any atom is 0.435 e. The quantitative estimate of drug-likeness (QED) is 0.377. The molecule has 2 atom stereocenters. The minimum atomic E-state index is -4.92. The van der Waals surface area contributed by atoms with E-state index in [1.54, 1.807) is 13.8 Å². The highest BCUT2D eigenvalue weighted by molar-refractivity contribution is 6.01. The third-order valence-electron chi connectivity index (χ3n) is 6.87. The van der Waals surface area contributed by atoms with Crippen LogP contribution in [-0.4, -0.2) is 46.1 Å². The van der Waals surface area contributed by atoms with Gasteiger partial charge in [0.25, 0.3) is 5.91 Å². The molecule has 38 heavy (non-hydrogen) atoms. The number of carbonyl (C=O) groups is 3. The van der Waals surface area contributed by atoms with E-state index in [1.807, 2.05) is 0 Å². The average Bonchev–Trinajstić information content (AvgIpc) is 3.19. The zero-order valence-corrected chi connectivity index (χ0v) is 21.0. The Balaban J connectivity index is 1.84. The molecule has 0 bridgehead atoms. The number of rotatable bonds is 6. The van der Waals surface area contributed by atoms with Crippen LogP contribution in [0.1, 0.15) is 78.1 Å². The lowest BCUT2D eigenvalue weighted by atomic mass is 9.75. The predicted molar refractivity (Wildman–Crippen MR) is 128 cm³/mol. The van der Waals surface area contributed by atoms with Gasteiger partial charge in [0.1, 0.15) is 11.9 Å². The first kappa shape index (κ1) is 27.6. The monoisotopic (exact) mass is 539 g/mol. The van der Waals surface area contributed by atoms with E-state index in [-0.39, 0.29) is 36.5 Å². The number of nitrogens with two attached hydrogens (primary N) is 2. The van der Waals surface area contributed by atoms with Crippen molar-refractivity contribution in [1.82, 2.24) is 9.78 Å². The number of hydrogen-bond acceptors (Lipinski definition) is 7. The molecule has 0 spiro atoms. The van der Waals surface area contributed by atoms with Gasteiger partial charge in [0.15, 0.2) is 11.5 Å². The van der Waals surface area contributed by atoms with E-state index in [4.69, 9.17) is 16.2 Å². The van der Waals surface area contributed by atoms with E-state index in [2.05, 4.69) is 10.4 Å². The highest BCUT2D eigenvalue weighted by Crippen LogP contribution is 2.42. The Morgan fingerprint density at radius 1 is 1.21 bits per heavy atom. The highest BCUT2D eigenvalue weighted by atomic mass is 19.4. The molecule has 1 fully saturated rings. The SMILES string of the molecule is CC1(C)CC(=O)c2c(C(F)(F)F)nn(-c3cc(F)c(C(N)=O)c(N[C@H]4CCCC[C@@H]4OC(=O)CN)c3)c2C1. The van der Waals surface area contributed by atoms with Gasteiger partial charge in [0, 0.05) is 12.5 Å². The fourth-order valence-corrected chi connectivity index (χ4v) is 5.26. The lowest BCUT2D eigenvalue weighted by molar-refractivity contribution is -0.149. The van der Waals surface area contributed by atoms with Crippen LogP contribution >= 0.6 is 0 Å². The fourth-order valence-electron chi connectivity index (χ4n) is 5.26. The Hall–Kier alpha value is -3.48. The van der Waals surface area contributed by atoms with Gasteiger partial charge in [-0.25, -0.2) is 9.07 Å². The van der Waals surface area contributed by atoms with Gasteiger partial charge >= 0.3 is 12.1 Å². The minimum absolute atomic E-state index is 0.00293. The van der Waals surface area contributed by atoms with Gasteiger partial charge in [-0.3, -0.25) is 14.4 Å². The summed E-state index contributed by atoms with van der Waals surface area (Å²) in [6.45, 7) is 3.16. The van der Waals surface area contributed by atoms with Crippen molar-refractivity contribution in [3.63, 3.8) is 0 Å². The number of esters is 1. The van der Waals surface area contributed by atoms with Crippen LogP contribution in [0.4, 0.5) is 23.2 Å². The summed E-state index contributed by atoms with van der Waals surface area (Å²) in [5.41, 5.74) is 7.54. The Bertz CT molecular complexity index is 1290. The van der Waals surface area contributed by atoms with Crippen molar-refractivity contribution in [1.29, 1.82) is 0 Å². The Labute approximate surface area is 215 Å². The van der Waals surface area contributed by atoms with Gasteiger partial charge in [-0.05, 0) is 37.2 Å². The largest absolute Gasteiger partial charge is 0.459 e. The van der Waals surface area contributed by atoms with E-state index in [1.165, 1.54) is 6.07 Å². The Morgan fingerprint density at radius 3 is 2.53 bits per heavy atom. The summed E-state index contributed by atoms with van der Waals surface area (Å²) in [7, 11) is 0. The second kappa shape index (κ2) is 10.0. The molecule has 2 aromatic rings. The summed E-state index contributed by atoms with van der Waals surface area (Å²) < 4.78 is 63.2. The third kappa shape index (κ3) is 5.38. The number of ether oxygens (including phenoxy) is 1. The normalized spacial score (nSPS) is 21.1. The number of aromatic nitrogens is 2. The number of fused-ring (bicyclic) bond motifs is 1. The second-order valence-electron chi connectivity index (χ2n) is 10.5. The van der Waals surface area contributed by atoms with Crippen LogP contribution in [0.5, 0.6) is 0 Å². The van der Waals surface area contributed by atoms with Crippen LogP contribution < -0.4 is 16.8 Å². The number of halogens is 4. The average molecular weight is 540 g/mol. The molecule has 9 nitrogen and oxygen atoms in total. The number of carbonyl (C=O) groups excluding carboxylic acids is 3. The molecule has 4 rings (SSSR count). The van der Waals surface area contributed by atoms with Gasteiger partial charge in [0.05, 0.1) is 40.8 Å². The highest BCUT2D eigenvalue weighted by Gasteiger charge is 2.45. The number of alkyl halides is 3. The number of ketones is 1. The number of amides is 1. The topological polar surface area (TPSA) is 142 Å². The Morgan fingerprint density at radius 2 is 1.89 bits per heavy atom. The van der Waals surface area contributed by atoms with E-state index < -0.39 is 64.0 Å². The standard InChI is InChI=1S/C25H29F4N5O4/c1-24(2)9-16-21(17(35)10-24)22(25(27,28)29)33-34(16)12-7-13(26)20(23(31)37)15(8-12)32-14-5-3-4-6-18(14)38-19(36)11-30/h7-8,14,18,32H,3-6,9-11,30H2,1-2H3,(H2,31,37)/t14-,18-/m0/s1. The number of nitrogens with one attached hydrogen (secondary N) is 1. The molecule has 1 amide bonds. The molecule has 0 saturated heterocycles. The maximum atomic E-state index is 15.3. The van der Waals surface area contributed by atoms with Crippen molar-refractivity contribution >= 4 is 23.3 Å². The molecule has 5 N–H and O–H groups in total. The second-order valence-corrected chi connectivity index (χ2v) is 10.5. The van der Waals surface area contributed by atoms with Gasteiger partial charge in [0.2, 0.25) is 0 Å². The first-order chi connectivity index (χ1) is 17.7. The van der Waals surface area contributed by atoms with E-state index >= 15 is 4.39 Å². The van der Waals surface area contributed by atoms with Gasteiger partial charge < -0.3 is 21.5 Å². The first-order valence-corrected chi connectivity index (χ1v) is 12.2. The number of benzene rings is 1. The lowest BCUT2D eigenvalue weighted by Gasteiger charge is -2.33. The molecule has 2 aliphatic rings. The molecule has 0 unspecified atom stereocenters. The van der Waals surface area contributed by atoms with E-state index in [9.17, 15) is 27.6 Å². The van der Waals surface area contributed by atoms with Gasteiger partial charge in [-0.2, -0.15) is 18.3 Å². The fraction of sp³-hybridized carbons (Fsp3) is 0.520. The summed E-state index contributed by atoms with van der Waals surface area (Å²) in [6, 6.07) is 1.58. The molecule has 13 heteroatoms. The van der Waals surface area contributed by atoms with Gasteiger partial charge in [-0.15, -0.1) is 0 Å². The van der Waals surface area contributed by atoms with Crippen molar-refractivity contribution in [3.05, 3.63) is 40.5 Å².